The lowest BCUT2D eigenvalue weighted by atomic mass is 10.1. The number of rotatable bonds is 2. The largest absolute Gasteiger partial charge is 0.273 e. The molecule has 0 atom stereocenters. The number of thiophene rings is 1. The maximum absolute atomic E-state index is 13.1. The molecule has 0 amide bonds. The van der Waals surface area contributed by atoms with Crippen LogP contribution in [-0.4, -0.2) is 4.57 Å². The van der Waals surface area contributed by atoms with Crippen LogP contribution in [0.15, 0.2) is 35.1 Å². The molecular formula is C20H15N3OS2. The van der Waals surface area contributed by atoms with E-state index in [4.69, 9.17) is 0 Å². The predicted octanol–water partition coefficient (Wildman–Crippen LogP) is 2.91. The van der Waals surface area contributed by atoms with Crippen LogP contribution in [0.3, 0.4) is 0 Å². The summed E-state index contributed by atoms with van der Waals surface area (Å²) < 4.78 is 2.36. The number of nitrogens with zero attached hydrogens (tertiary/aromatic N) is 3. The molecule has 3 aromatic rings. The van der Waals surface area contributed by atoms with Crippen molar-refractivity contribution >= 4 is 34.3 Å². The third-order valence-electron chi connectivity index (χ3n) is 3.90. The van der Waals surface area contributed by atoms with Crippen molar-refractivity contribution in [2.75, 3.05) is 0 Å². The van der Waals surface area contributed by atoms with Crippen LogP contribution >= 0.6 is 22.7 Å². The fourth-order valence-electron chi connectivity index (χ4n) is 2.61. The fourth-order valence-corrected chi connectivity index (χ4v) is 4.54. The van der Waals surface area contributed by atoms with Gasteiger partial charge in [-0.05, 0) is 56.2 Å². The quantitative estimate of drug-likeness (QED) is 0.689. The third-order valence-corrected chi connectivity index (χ3v) is 5.94. The van der Waals surface area contributed by atoms with Gasteiger partial charge in [-0.2, -0.15) is 10.5 Å². The van der Waals surface area contributed by atoms with Crippen molar-refractivity contribution < 1.29 is 0 Å². The Morgan fingerprint density at radius 1 is 1.08 bits per heavy atom. The lowest BCUT2D eigenvalue weighted by Crippen LogP contribution is -2.31. The molecule has 0 aliphatic carbocycles. The molecule has 128 valence electrons. The summed E-state index contributed by atoms with van der Waals surface area (Å²) in [6.45, 7) is 5.86. The van der Waals surface area contributed by atoms with Crippen molar-refractivity contribution in [3.8, 4) is 17.8 Å². The van der Waals surface area contributed by atoms with Crippen molar-refractivity contribution in [1.29, 1.82) is 10.5 Å². The zero-order valence-electron chi connectivity index (χ0n) is 14.5. The Hall–Kier alpha value is -2.93. The highest BCUT2D eigenvalue weighted by molar-refractivity contribution is 7.13. The van der Waals surface area contributed by atoms with Crippen LogP contribution < -0.4 is 14.8 Å². The highest BCUT2D eigenvalue weighted by atomic mass is 32.1. The molecule has 0 unspecified atom stereocenters. The van der Waals surface area contributed by atoms with E-state index in [-0.39, 0.29) is 11.1 Å². The number of aromatic nitrogens is 1. The first-order valence-electron chi connectivity index (χ1n) is 7.86. The summed E-state index contributed by atoms with van der Waals surface area (Å²) in [4.78, 5) is 15.2. The van der Waals surface area contributed by atoms with Crippen LogP contribution in [0, 0.1) is 43.4 Å². The number of nitriles is 2. The Morgan fingerprint density at radius 2 is 1.81 bits per heavy atom. The molecule has 4 nitrogen and oxygen atoms in total. The van der Waals surface area contributed by atoms with Gasteiger partial charge in [0.25, 0.3) is 5.56 Å². The minimum absolute atomic E-state index is 0.0602. The van der Waals surface area contributed by atoms with Crippen LogP contribution in [0.2, 0.25) is 0 Å². The van der Waals surface area contributed by atoms with Gasteiger partial charge in [0, 0.05) is 9.75 Å². The standard InChI is InChI=1S/C20H15N3OS2/c1-12-4-5-13(2)17(8-12)23-19(24)18(9-16-7-6-14(3)25-16)26-20(23)15(10-21)11-22/h4-9H,1-3H3/b18-9-. The van der Waals surface area contributed by atoms with E-state index >= 15 is 0 Å². The second-order valence-electron chi connectivity index (χ2n) is 5.89. The number of thiazole rings is 1. The van der Waals surface area contributed by atoms with Gasteiger partial charge >= 0.3 is 0 Å². The molecule has 2 heterocycles. The van der Waals surface area contributed by atoms with Gasteiger partial charge < -0.3 is 0 Å². The van der Waals surface area contributed by atoms with E-state index in [1.54, 1.807) is 11.3 Å². The third kappa shape index (κ3) is 3.25. The Labute approximate surface area is 158 Å². The summed E-state index contributed by atoms with van der Waals surface area (Å²) in [5, 5.41) is 18.7. The number of hydrogen-bond acceptors (Lipinski definition) is 5. The van der Waals surface area contributed by atoms with Crippen LogP contribution in [0.25, 0.3) is 17.3 Å². The Balaban J connectivity index is 2.45. The summed E-state index contributed by atoms with van der Waals surface area (Å²) in [5.74, 6) is 0. The van der Waals surface area contributed by atoms with Crippen LogP contribution in [-0.2, 0) is 0 Å². The highest BCUT2D eigenvalue weighted by Crippen LogP contribution is 2.16. The maximum atomic E-state index is 13.1. The molecule has 0 saturated heterocycles. The number of hydrogen-bond donors (Lipinski definition) is 0. The summed E-state index contributed by atoms with van der Waals surface area (Å²) in [5.41, 5.74) is 2.34. The Bertz CT molecular complexity index is 1240. The number of benzene rings is 1. The maximum Gasteiger partial charge on any atom is 0.273 e. The van der Waals surface area contributed by atoms with Gasteiger partial charge in [0.1, 0.15) is 16.8 Å². The van der Waals surface area contributed by atoms with E-state index in [2.05, 4.69) is 0 Å². The first kappa shape index (κ1) is 17.9. The Kier molecular flexibility index (Phi) is 4.90. The predicted molar refractivity (Wildman–Crippen MR) is 106 cm³/mol. The van der Waals surface area contributed by atoms with Gasteiger partial charge in [0.2, 0.25) is 0 Å². The molecule has 0 spiro atoms. The van der Waals surface area contributed by atoms with Gasteiger partial charge in [-0.25, -0.2) is 0 Å². The lowest BCUT2D eigenvalue weighted by Gasteiger charge is -2.07. The van der Waals surface area contributed by atoms with Gasteiger partial charge in [-0.3, -0.25) is 9.36 Å². The average molecular weight is 377 g/mol. The summed E-state index contributed by atoms with van der Waals surface area (Å²) >= 11 is 2.77. The van der Waals surface area contributed by atoms with Crippen LogP contribution in [0.1, 0.15) is 20.9 Å². The molecule has 0 aliphatic heterocycles. The minimum atomic E-state index is -0.215. The van der Waals surface area contributed by atoms with Gasteiger partial charge in [0.15, 0.2) is 5.57 Å². The first-order chi connectivity index (χ1) is 12.4. The van der Waals surface area contributed by atoms with Crippen LogP contribution in [0.5, 0.6) is 0 Å². The normalized spacial score (nSPS) is 11.2. The molecule has 0 N–H and O–H groups in total. The SMILES string of the molecule is Cc1ccc(C)c(-n2c(=C(C#N)C#N)s/c(=C\c3ccc(C)s3)c2=O)c1. The van der Waals surface area contributed by atoms with Gasteiger partial charge in [-0.15, -0.1) is 22.7 Å². The summed E-state index contributed by atoms with van der Waals surface area (Å²) in [7, 11) is 0. The molecule has 6 heteroatoms. The molecule has 2 aromatic heterocycles. The summed E-state index contributed by atoms with van der Waals surface area (Å²) in [6.07, 6.45) is 1.82. The minimum Gasteiger partial charge on any atom is -0.267 e. The lowest BCUT2D eigenvalue weighted by molar-refractivity contribution is 0.972. The molecule has 0 radical (unpaired) electrons. The van der Waals surface area contributed by atoms with E-state index < -0.39 is 0 Å². The highest BCUT2D eigenvalue weighted by Gasteiger charge is 2.13. The van der Waals surface area contributed by atoms with E-state index in [1.165, 1.54) is 15.9 Å². The van der Waals surface area contributed by atoms with E-state index in [1.807, 2.05) is 69.3 Å². The molecule has 3 rings (SSSR count). The molecular weight excluding hydrogens is 362 g/mol. The second-order valence-corrected chi connectivity index (χ2v) is 8.24. The van der Waals surface area contributed by atoms with Crippen molar-refractivity contribution in [1.82, 2.24) is 4.57 Å². The molecule has 0 bridgehead atoms. The molecule has 26 heavy (non-hydrogen) atoms. The summed E-state index contributed by atoms with van der Waals surface area (Å²) in [6, 6.07) is 13.6. The fraction of sp³-hybridized carbons (Fsp3) is 0.150. The van der Waals surface area contributed by atoms with Crippen LogP contribution in [0.4, 0.5) is 0 Å². The molecule has 0 saturated carbocycles. The molecule has 0 aliphatic rings. The van der Waals surface area contributed by atoms with Crippen molar-refractivity contribution in [2.24, 2.45) is 0 Å². The van der Waals surface area contributed by atoms with E-state index in [9.17, 15) is 15.3 Å². The molecule has 1 aromatic carbocycles. The second kappa shape index (κ2) is 7.13. The first-order valence-corrected chi connectivity index (χ1v) is 9.50. The topological polar surface area (TPSA) is 69.6 Å². The van der Waals surface area contributed by atoms with Crippen molar-refractivity contribution in [2.45, 2.75) is 20.8 Å². The van der Waals surface area contributed by atoms with Gasteiger partial charge in [0.05, 0.1) is 10.2 Å². The Morgan fingerprint density at radius 3 is 2.42 bits per heavy atom. The number of aryl methyl sites for hydroxylation is 3. The van der Waals surface area contributed by atoms with E-state index in [0.29, 0.717) is 14.9 Å². The zero-order valence-corrected chi connectivity index (χ0v) is 16.2. The van der Waals surface area contributed by atoms with E-state index in [0.717, 1.165) is 20.9 Å². The smallest absolute Gasteiger partial charge is 0.267 e. The zero-order chi connectivity index (χ0) is 18.8. The van der Waals surface area contributed by atoms with Crippen molar-refractivity contribution in [3.63, 3.8) is 0 Å². The molecule has 0 fully saturated rings. The van der Waals surface area contributed by atoms with Crippen molar-refractivity contribution in [3.05, 3.63) is 70.8 Å². The monoisotopic (exact) mass is 377 g/mol. The average Bonchev–Trinajstić information content (AvgIpc) is 3.16. The van der Waals surface area contributed by atoms with Gasteiger partial charge in [-0.1, -0.05) is 12.1 Å².